The summed E-state index contributed by atoms with van der Waals surface area (Å²) in [5.74, 6) is -1.85. The number of hydrogen-bond donors (Lipinski definition) is 0. The Morgan fingerprint density at radius 1 is 1.10 bits per heavy atom. The third kappa shape index (κ3) is 3.14. The van der Waals surface area contributed by atoms with E-state index in [1.165, 1.54) is 17.9 Å². The molecule has 4 rings (SSSR count). The number of aryl methyl sites for hydroxylation is 2. The Balaban J connectivity index is 1.80. The van der Waals surface area contributed by atoms with Crippen molar-refractivity contribution in [2.24, 2.45) is 14.1 Å². The van der Waals surface area contributed by atoms with E-state index in [4.69, 9.17) is 4.74 Å². The highest BCUT2D eigenvalue weighted by Gasteiger charge is 2.20. The summed E-state index contributed by atoms with van der Waals surface area (Å²) < 4.78 is 39.3. The smallest absolute Gasteiger partial charge is 0.306 e. The van der Waals surface area contributed by atoms with Crippen molar-refractivity contribution in [1.82, 2.24) is 29.1 Å². The van der Waals surface area contributed by atoms with E-state index >= 15 is 0 Å². The average molecular weight is 414 g/mol. The second-order valence-corrected chi connectivity index (χ2v) is 7.35. The number of nitrogens with zero attached hydrogens (tertiary/aromatic N) is 6. The summed E-state index contributed by atoms with van der Waals surface area (Å²) in [7, 11) is 3.14. The maximum absolute atomic E-state index is 14.8. The van der Waals surface area contributed by atoms with Crippen LogP contribution in [0.4, 0.5) is 8.78 Å². The zero-order valence-electron chi connectivity index (χ0n) is 17.1. The van der Waals surface area contributed by atoms with Crippen LogP contribution in [0.1, 0.15) is 25.6 Å². The van der Waals surface area contributed by atoms with Gasteiger partial charge in [0.1, 0.15) is 11.2 Å². The molecule has 10 heteroatoms. The van der Waals surface area contributed by atoms with E-state index in [0.717, 1.165) is 16.7 Å². The standard InChI is InChI=1S/C20H20F2N6O2/c1-10(2)28-18-13(8-23-28)19(29)27(5)20(24-18)30-17-7-15(21)12(6-16(17)22)14-9-26(4)25-11(14)3/h6-10H,1-5H3. The molecule has 1 aromatic carbocycles. The number of aromatic nitrogens is 6. The minimum absolute atomic E-state index is 0.0499. The molecule has 0 fully saturated rings. The highest BCUT2D eigenvalue weighted by Crippen LogP contribution is 2.32. The molecule has 0 radical (unpaired) electrons. The maximum atomic E-state index is 14.8. The Morgan fingerprint density at radius 2 is 1.83 bits per heavy atom. The third-order valence-corrected chi connectivity index (χ3v) is 4.81. The van der Waals surface area contributed by atoms with E-state index in [2.05, 4.69) is 15.2 Å². The van der Waals surface area contributed by atoms with Crippen LogP contribution in [0.5, 0.6) is 11.8 Å². The van der Waals surface area contributed by atoms with Crippen LogP contribution in [0.25, 0.3) is 22.2 Å². The van der Waals surface area contributed by atoms with E-state index in [0.29, 0.717) is 22.3 Å². The lowest BCUT2D eigenvalue weighted by Gasteiger charge is -2.12. The van der Waals surface area contributed by atoms with E-state index in [1.54, 1.807) is 24.9 Å². The van der Waals surface area contributed by atoms with Gasteiger partial charge in [-0.05, 0) is 26.8 Å². The predicted molar refractivity (Wildman–Crippen MR) is 107 cm³/mol. The zero-order chi connectivity index (χ0) is 21.7. The summed E-state index contributed by atoms with van der Waals surface area (Å²) in [5, 5.41) is 8.64. The minimum Gasteiger partial charge on any atom is -0.422 e. The molecule has 4 aromatic rings. The van der Waals surface area contributed by atoms with Gasteiger partial charge in [0.05, 0.1) is 11.9 Å². The Bertz CT molecular complexity index is 1340. The van der Waals surface area contributed by atoms with Crippen LogP contribution in [0.2, 0.25) is 0 Å². The van der Waals surface area contributed by atoms with Crippen LogP contribution in [-0.2, 0) is 14.1 Å². The molecule has 0 N–H and O–H groups in total. The maximum Gasteiger partial charge on any atom is 0.306 e. The lowest BCUT2D eigenvalue weighted by molar-refractivity contribution is 0.386. The number of fused-ring (bicyclic) bond motifs is 1. The van der Waals surface area contributed by atoms with Crippen molar-refractivity contribution in [2.45, 2.75) is 26.8 Å². The molecule has 0 aliphatic carbocycles. The lowest BCUT2D eigenvalue weighted by Crippen LogP contribution is -2.20. The summed E-state index contributed by atoms with van der Waals surface area (Å²) in [6.07, 6.45) is 3.04. The van der Waals surface area contributed by atoms with E-state index in [-0.39, 0.29) is 23.4 Å². The van der Waals surface area contributed by atoms with Crippen molar-refractivity contribution in [2.75, 3.05) is 0 Å². The number of rotatable bonds is 4. The van der Waals surface area contributed by atoms with E-state index in [9.17, 15) is 13.6 Å². The van der Waals surface area contributed by atoms with Crippen molar-refractivity contribution in [1.29, 1.82) is 0 Å². The van der Waals surface area contributed by atoms with Gasteiger partial charge >= 0.3 is 6.01 Å². The third-order valence-electron chi connectivity index (χ3n) is 4.81. The number of halogens is 2. The van der Waals surface area contributed by atoms with Gasteiger partial charge in [-0.3, -0.25) is 14.0 Å². The highest BCUT2D eigenvalue weighted by atomic mass is 19.1. The van der Waals surface area contributed by atoms with Gasteiger partial charge in [-0.2, -0.15) is 15.2 Å². The molecule has 3 heterocycles. The molecule has 0 saturated carbocycles. The van der Waals surface area contributed by atoms with E-state index in [1.807, 2.05) is 13.8 Å². The van der Waals surface area contributed by atoms with Gasteiger partial charge in [0, 0.05) is 43.5 Å². The second kappa shape index (κ2) is 7.05. The molecular weight excluding hydrogens is 394 g/mol. The van der Waals surface area contributed by atoms with Crippen LogP contribution in [0.15, 0.2) is 29.3 Å². The molecule has 0 aliphatic heterocycles. The quantitative estimate of drug-likeness (QED) is 0.511. The van der Waals surface area contributed by atoms with Crippen molar-refractivity contribution in [3.63, 3.8) is 0 Å². The van der Waals surface area contributed by atoms with Crippen molar-refractivity contribution in [3.05, 3.63) is 52.2 Å². The fourth-order valence-electron chi connectivity index (χ4n) is 3.30. The first-order chi connectivity index (χ1) is 14.2. The first kappa shape index (κ1) is 19.7. The molecule has 156 valence electrons. The predicted octanol–water partition coefficient (Wildman–Crippen LogP) is 3.49. The van der Waals surface area contributed by atoms with Gasteiger partial charge in [0.2, 0.25) is 0 Å². The highest BCUT2D eigenvalue weighted by molar-refractivity contribution is 5.74. The number of benzene rings is 1. The van der Waals surface area contributed by atoms with Gasteiger partial charge in [0.25, 0.3) is 5.56 Å². The Hall–Kier alpha value is -3.56. The molecule has 3 aromatic heterocycles. The fraction of sp³-hybridized carbons (Fsp3) is 0.300. The molecule has 0 amide bonds. The number of ether oxygens (including phenoxy) is 1. The Kier molecular flexibility index (Phi) is 4.64. The molecule has 0 bridgehead atoms. The van der Waals surface area contributed by atoms with Crippen LogP contribution in [0.3, 0.4) is 0 Å². The van der Waals surface area contributed by atoms with Crippen molar-refractivity contribution < 1.29 is 13.5 Å². The van der Waals surface area contributed by atoms with Crippen LogP contribution in [-0.4, -0.2) is 29.1 Å². The summed E-state index contributed by atoms with van der Waals surface area (Å²) in [5.41, 5.74) is 1.03. The molecule has 0 spiro atoms. The van der Waals surface area contributed by atoms with Crippen molar-refractivity contribution in [3.8, 4) is 22.9 Å². The summed E-state index contributed by atoms with van der Waals surface area (Å²) in [6, 6.07) is 1.77. The number of hydrogen-bond acceptors (Lipinski definition) is 5. The van der Waals surface area contributed by atoms with Gasteiger partial charge in [-0.1, -0.05) is 0 Å². The molecule has 30 heavy (non-hydrogen) atoms. The average Bonchev–Trinajstić information content (AvgIpc) is 3.24. The summed E-state index contributed by atoms with van der Waals surface area (Å²) in [4.78, 5) is 16.9. The van der Waals surface area contributed by atoms with Crippen molar-refractivity contribution >= 4 is 11.0 Å². The first-order valence-corrected chi connectivity index (χ1v) is 9.29. The molecule has 8 nitrogen and oxygen atoms in total. The molecule has 0 atom stereocenters. The first-order valence-electron chi connectivity index (χ1n) is 9.29. The van der Waals surface area contributed by atoms with Crippen LogP contribution in [0, 0.1) is 18.6 Å². The fourth-order valence-corrected chi connectivity index (χ4v) is 3.30. The van der Waals surface area contributed by atoms with Gasteiger partial charge in [0.15, 0.2) is 17.2 Å². The Morgan fingerprint density at radius 3 is 2.47 bits per heavy atom. The van der Waals surface area contributed by atoms with Crippen LogP contribution >= 0.6 is 0 Å². The topological polar surface area (TPSA) is 79.8 Å². The van der Waals surface area contributed by atoms with E-state index < -0.39 is 17.2 Å². The molecular formula is C20H20F2N6O2. The van der Waals surface area contributed by atoms with Gasteiger partial charge in [-0.15, -0.1) is 0 Å². The zero-order valence-corrected chi connectivity index (χ0v) is 17.1. The Labute approximate surface area is 170 Å². The lowest BCUT2D eigenvalue weighted by atomic mass is 10.1. The molecule has 0 aliphatic rings. The minimum atomic E-state index is -0.790. The summed E-state index contributed by atoms with van der Waals surface area (Å²) in [6.45, 7) is 5.49. The molecule has 0 unspecified atom stereocenters. The monoisotopic (exact) mass is 414 g/mol. The van der Waals surface area contributed by atoms with Gasteiger partial charge < -0.3 is 4.74 Å². The normalized spacial score (nSPS) is 11.6. The van der Waals surface area contributed by atoms with Gasteiger partial charge in [-0.25, -0.2) is 13.5 Å². The second-order valence-electron chi connectivity index (χ2n) is 7.35. The largest absolute Gasteiger partial charge is 0.422 e. The summed E-state index contributed by atoms with van der Waals surface area (Å²) >= 11 is 0. The van der Waals surface area contributed by atoms with Crippen LogP contribution < -0.4 is 10.3 Å². The molecule has 0 saturated heterocycles. The SMILES string of the molecule is Cc1nn(C)cc1-c1cc(F)c(Oc2nc3c(cnn3C(C)C)c(=O)n2C)cc1F.